The van der Waals surface area contributed by atoms with Crippen molar-refractivity contribution in [3.8, 4) is 0 Å². The predicted molar refractivity (Wildman–Crippen MR) is 121 cm³/mol. The number of rotatable bonds is 10. The smallest absolute Gasteiger partial charge is 0.333 e. The van der Waals surface area contributed by atoms with Gasteiger partial charge in [0, 0.05) is 18.8 Å². The Labute approximate surface area is 181 Å². The Hall–Kier alpha value is -2.20. The molecule has 1 unspecified atom stereocenters. The zero-order valence-corrected chi connectivity index (χ0v) is 19.1. The van der Waals surface area contributed by atoms with E-state index >= 15 is 0 Å². The molecule has 0 bridgehead atoms. The maximum Gasteiger partial charge on any atom is 0.333 e. The highest BCUT2D eigenvalue weighted by Gasteiger charge is 2.27. The summed E-state index contributed by atoms with van der Waals surface area (Å²) in [6.07, 6.45) is 16.7. The maximum absolute atomic E-state index is 11.4. The molecule has 0 spiro atoms. The van der Waals surface area contributed by atoms with Gasteiger partial charge in [-0.3, -0.25) is 4.79 Å². The molecule has 4 heteroatoms. The minimum absolute atomic E-state index is 0.328. The van der Waals surface area contributed by atoms with E-state index in [9.17, 15) is 9.59 Å². The van der Waals surface area contributed by atoms with Crippen molar-refractivity contribution in [1.82, 2.24) is 0 Å². The molecule has 0 aromatic carbocycles. The molecule has 0 saturated carbocycles. The minimum Gasteiger partial charge on any atom is -0.428 e. The van der Waals surface area contributed by atoms with Crippen LogP contribution in [0.5, 0.6) is 0 Å². The van der Waals surface area contributed by atoms with Gasteiger partial charge in [-0.15, -0.1) is 0 Å². The largest absolute Gasteiger partial charge is 0.428 e. The topological polar surface area (TPSA) is 52.6 Å². The Morgan fingerprint density at radius 2 is 2.10 bits per heavy atom. The molecule has 1 aliphatic heterocycles. The second-order valence-electron chi connectivity index (χ2n) is 8.95. The van der Waals surface area contributed by atoms with Crippen LogP contribution in [0, 0.1) is 5.41 Å². The van der Waals surface area contributed by atoms with E-state index in [-0.39, 0.29) is 0 Å². The van der Waals surface area contributed by atoms with Crippen LogP contribution in [-0.4, -0.2) is 25.7 Å². The third-order valence-corrected chi connectivity index (χ3v) is 6.13. The zero-order valence-electron chi connectivity index (χ0n) is 19.1. The lowest BCUT2D eigenvalue weighted by Crippen LogP contribution is -2.20. The monoisotopic (exact) mass is 412 g/mol. The molecule has 164 valence electrons. The summed E-state index contributed by atoms with van der Waals surface area (Å²) in [5.41, 5.74) is 6.30. The normalized spacial score (nSPS) is 22.5. The van der Waals surface area contributed by atoms with Crippen LogP contribution in [0.15, 0.2) is 58.2 Å². The number of ether oxygens (including phenoxy) is 2. The van der Waals surface area contributed by atoms with Crippen LogP contribution >= 0.6 is 0 Å². The van der Waals surface area contributed by atoms with Gasteiger partial charge in [-0.1, -0.05) is 54.9 Å². The number of methoxy groups -OCH3 is 1. The highest BCUT2D eigenvalue weighted by Crippen LogP contribution is 2.42. The number of cyclic esters (lactones) is 1. The molecule has 4 nitrogen and oxygen atoms in total. The lowest BCUT2D eigenvalue weighted by molar-refractivity contribution is -0.154. The van der Waals surface area contributed by atoms with Crippen LogP contribution < -0.4 is 0 Å². The maximum atomic E-state index is 11.4. The first kappa shape index (κ1) is 24.1. The molecule has 0 radical (unpaired) electrons. The van der Waals surface area contributed by atoms with Crippen LogP contribution in [-0.2, 0) is 19.1 Å². The quantitative estimate of drug-likeness (QED) is 0.142. The molecule has 0 aromatic heterocycles. The molecule has 1 heterocycles. The molecule has 2 aliphatic rings. The standard InChI is InChI=1S/C26H36O4/c1-19(14-15-23-20(2)10-8-16-26(23,3)4)9-6-11-21(18-27)12-7-13-22-17-24(28)30-25(22)29-5/h7,9,12-13,17-18,25H,6,8,10-11,14-16H2,1-5H3. The summed E-state index contributed by atoms with van der Waals surface area (Å²) in [6, 6.07) is 0. The Balaban J connectivity index is 1.85. The summed E-state index contributed by atoms with van der Waals surface area (Å²) in [5.74, 6) is -0.413. The molecule has 0 saturated heterocycles. The van der Waals surface area contributed by atoms with Crippen molar-refractivity contribution in [2.75, 3.05) is 7.11 Å². The number of aldehydes is 1. The molecular weight excluding hydrogens is 376 g/mol. The van der Waals surface area contributed by atoms with Gasteiger partial charge in [0.2, 0.25) is 6.29 Å². The Bertz CT molecular complexity index is 790. The molecule has 1 aliphatic carbocycles. The number of esters is 1. The van der Waals surface area contributed by atoms with Crippen LogP contribution in [0.3, 0.4) is 0 Å². The molecule has 0 N–H and O–H groups in total. The Kier molecular flexibility index (Phi) is 9.04. The van der Waals surface area contributed by atoms with E-state index in [1.54, 1.807) is 29.4 Å². The summed E-state index contributed by atoms with van der Waals surface area (Å²) in [4.78, 5) is 22.7. The fourth-order valence-electron chi connectivity index (χ4n) is 4.32. The second-order valence-corrected chi connectivity index (χ2v) is 8.95. The minimum atomic E-state index is -0.666. The lowest BCUT2D eigenvalue weighted by atomic mass is 9.71. The summed E-state index contributed by atoms with van der Waals surface area (Å²) in [6.45, 7) is 9.22. The van der Waals surface area contributed by atoms with Crippen molar-refractivity contribution < 1.29 is 19.1 Å². The van der Waals surface area contributed by atoms with E-state index in [2.05, 4.69) is 33.8 Å². The molecule has 0 amide bonds. The van der Waals surface area contributed by atoms with Crippen molar-refractivity contribution in [3.63, 3.8) is 0 Å². The fraction of sp³-hybridized carbons (Fsp3) is 0.538. The van der Waals surface area contributed by atoms with Gasteiger partial charge in [0.1, 0.15) is 6.29 Å². The number of carbonyl (C=O) groups is 2. The first-order valence-electron chi connectivity index (χ1n) is 10.9. The van der Waals surface area contributed by atoms with Crippen molar-refractivity contribution in [2.24, 2.45) is 5.41 Å². The number of hydrogen-bond donors (Lipinski definition) is 0. The van der Waals surface area contributed by atoms with Gasteiger partial charge in [-0.05, 0) is 69.8 Å². The first-order chi connectivity index (χ1) is 14.3. The van der Waals surface area contributed by atoms with Crippen LogP contribution in [0.4, 0.5) is 0 Å². The fourth-order valence-corrected chi connectivity index (χ4v) is 4.32. The summed E-state index contributed by atoms with van der Waals surface area (Å²) in [7, 11) is 1.49. The summed E-state index contributed by atoms with van der Waals surface area (Å²) in [5, 5.41) is 0. The van der Waals surface area contributed by atoms with E-state index in [1.807, 2.05) is 0 Å². The van der Waals surface area contributed by atoms with E-state index in [1.165, 1.54) is 38.0 Å². The van der Waals surface area contributed by atoms with Gasteiger partial charge in [0.25, 0.3) is 0 Å². The van der Waals surface area contributed by atoms with E-state index in [0.717, 1.165) is 31.1 Å². The summed E-state index contributed by atoms with van der Waals surface area (Å²) < 4.78 is 10.1. The third-order valence-electron chi connectivity index (χ3n) is 6.13. The number of hydrogen-bond acceptors (Lipinski definition) is 4. The van der Waals surface area contributed by atoms with E-state index < -0.39 is 12.3 Å². The average Bonchev–Trinajstić information content (AvgIpc) is 3.05. The van der Waals surface area contributed by atoms with Crippen molar-refractivity contribution in [2.45, 2.75) is 78.9 Å². The average molecular weight is 413 g/mol. The Morgan fingerprint density at radius 3 is 2.77 bits per heavy atom. The highest BCUT2D eigenvalue weighted by molar-refractivity contribution is 5.86. The van der Waals surface area contributed by atoms with E-state index in [0.29, 0.717) is 17.4 Å². The van der Waals surface area contributed by atoms with E-state index in [4.69, 9.17) is 9.47 Å². The van der Waals surface area contributed by atoms with Crippen LogP contribution in [0.2, 0.25) is 0 Å². The zero-order chi connectivity index (χ0) is 22.1. The second kappa shape index (κ2) is 11.3. The molecule has 1 atom stereocenters. The van der Waals surface area contributed by atoms with Gasteiger partial charge < -0.3 is 9.47 Å². The number of carbonyl (C=O) groups excluding carboxylic acids is 2. The first-order valence-corrected chi connectivity index (χ1v) is 10.9. The molecule has 0 aromatic rings. The van der Waals surface area contributed by atoms with Gasteiger partial charge in [-0.25, -0.2) is 4.79 Å². The molecule has 2 rings (SSSR count). The molecule has 30 heavy (non-hydrogen) atoms. The lowest BCUT2D eigenvalue weighted by Gasteiger charge is -2.35. The SMILES string of the molecule is COC1OC(=O)C=C1C=CC=C(C=O)CCC=C(C)CCC1=C(C)CCCC1(C)C. The predicted octanol–water partition coefficient (Wildman–Crippen LogP) is 6.16. The molecule has 0 fully saturated rings. The third kappa shape index (κ3) is 6.94. The highest BCUT2D eigenvalue weighted by atomic mass is 16.7. The summed E-state index contributed by atoms with van der Waals surface area (Å²) >= 11 is 0. The van der Waals surface area contributed by atoms with Gasteiger partial charge in [-0.2, -0.15) is 0 Å². The van der Waals surface area contributed by atoms with Crippen LogP contribution in [0.25, 0.3) is 0 Å². The van der Waals surface area contributed by atoms with Gasteiger partial charge in [0.05, 0.1) is 0 Å². The van der Waals surface area contributed by atoms with Crippen molar-refractivity contribution in [1.29, 1.82) is 0 Å². The Morgan fingerprint density at radius 1 is 1.33 bits per heavy atom. The van der Waals surface area contributed by atoms with Gasteiger partial charge >= 0.3 is 5.97 Å². The van der Waals surface area contributed by atoms with Crippen molar-refractivity contribution in [3.05, 3.63) is 58.2 Å². The van der Waals surface area contributed by atoms with Gasteiger partial charge in [0.15, 0.2) is 0 Å². The van der Waals surface area contributed by atoms with Crippen LogP contribution in [0.1, 0.15) is 72.6 Å². The molecular formula is C26H36O4. The number of allylic oxidation sites excluding steroid dienone is 7. The van der Waals surface area contributed by atoms with Crippen molar-refractivity contribution >= 4 is 12.3 Å².